The summed E-state index contributed by atoms with van der Waals surface area (Å²) in [5.74, 6) is 0. The Morgan fingerprint density at radius 1 is 1.39 bits per heavy atom. The smallest absolute Gasteiger partial charge is 0.244 e. The van der Waals surface area contributed by atoms with E-state index in [1.165, 1.54) is 16.4 Å². The molecule has 0 aliphatic heterocycles. The van der Waals surface area contributed by atoms with Crippen LogP contribution in [0.1, 0.15) is 27.2 Å². The van der Waals surface area contributed by atoms with Gasteiger partial charge in [-0.05, 0) is 38.5 Å². The van der Waals surface area contributed by atoms with Crippen LogP contribution in [0.3, 0.4) is 0 Å². The van der Waals surface area contributed by atoms with Gasteiger partial charge in [-0.2, -0.15) is 4.31 Å². The molecule has 1 rings (SSSR count). The van der Waals surface area contributed by atoms with Crippen LogP contribution in [-0.2, 0) is 10.0 Å². The Morgan fingerprint density at radius 3 is 2.50 bits per heavy atom. The van der Waals surface area contributed by atoms with Gasteiger partial charge in [0.1, 0.15) is 4.90 Å². The van der Waals surface area contributed by atoms with Gasteiger partial charge in [0.15, 0.2) is 0 Å². The fourth-order valence-corrected chi connectivity index (χ4v) is 3.96. The molecule has 0 heterocycles. The molecule has 4 nitrogen and oxygen atoms in total. The SMILES string of the molecule is CCCN(C(C)C)S(=O)(=O)c1cc(N)ccc1Cl. The van der Waals surface area contributed by atoms with Crippen molar-refractivity contribution in [1.82, 2.24) is 4.31 Å². The van der Waals surface area contributed by atoms with Gasteiger partial charge in [0, 0.05) is 18.3 Å². The first-order chi connectivity index (χ1) is 8.30. The molecule has 1 aromatic carbocycles. The Bertz CT molecular complexity index is 515. The number of halogens is 1. The average Bonchev–Trinajstić information content (AvgIpc) is 2.28. The van der Waals surface area contributed by atoms with E-state index in [1.807, 2.05) is 20.8 Å². The first kappa shape index (κ1) is 15.3. The van der Waals surface area contributed by atoms with Crippen LogP contribution < -0.4 is 5.73 Å². The van der Waals surface area contributed by atoms with Gasteiger partial charge in [-0.3, -0.25) is 0 Å². The molecule has 102 valence electrons. The number of anilines is 1. The number of nitrogen functional groups attached to an aromatic ring is 1. The van der Waals surface area contributed by atoms with Crippen LogP contribution in [-0.4, -0.2) is 25.3 Å². The minimum Gasteiger partial charge on any atom is -0.399 e. The standard InChI is InChI=1S/C12H19ClN2O2S/c1-4-7-15(9(2)3)18(16,17)12-8-10(14)5-6-11(12)13/h5-6,8-9H,4,7,14H2,1-3H3. The summed E-state index contributed by atoms with van der Waals surface area (Å²) in [4.78, 5) is 0.0753. The van der Waals surface area contributed by atoms with E-state index in [2.05, 4.69) is 0 Å². The lowest BCUT2D eigenvalue weighted by molar-refractivity contribution is 0.354. The van der Waals surface area contributed by atoms with Gasteiger partial charge in [-0.1, -0.05) is 18.5 Å². The van der Waals surface area contributed by atoms with E-state index in [1.54, 1.807) is 6.07 Å². The van der Waals surface area contributed by atoms with Gasteiger partial charge in [-0.25, -0.2) is 8.42 Å². The monoisotopic (exact) mass is 290 g/mol. The zero-order chi connectivity index (χ0) is 13.9. The van der Waals surface area contributed by atoms with Gasteiger partial charge in [-0.15, -0.1) is 0 Å². The van der Waals surface area contributed by atoms with E-state index in [4.69, 9.17) is 17.3 Å². The van der Waals surface area contributed by atoms with Gasteiger partial charge in [0.2, 0.25) is 10.0 Å². The molecule has 6 heteroatoms. The van der Waals surface area contributed by atoms with Crippen molar-refractivity contribution in [1.29, 1.82) is 0 Å². The van der Waals surface area contributed by atoms with Crippen molar-refractivity contribution in [2.24, 2.45) is 0 Å². The molecular weight excluding hydrogens is 272 g/mol. The average molecular weight is 291 g/mol. The molecule has 0 unspecified atom stereocenters. The maximum atomic E-state index is 12.5. The highest BCUT2D eigenvalue weighted by Crippen LogP contribution is 2.27. The first-order valence-electron chi connectivity index (χ1n) is 5.87. The lowest BCUT2D eigenvalue weighted by Gasteiger charge is -2.26. The Hall–Kier alpha value is -0.780. The minimum atomic E-state index is -3.59. The molecule has 0 amide bonds. The number of sulfonamides is 1. The molecule has 0 aromatic heterocycles. The van der Waals surface area contributed by atoms with Gasteiger partial charge in [0.25, 0.3) is 0 Å². The van der Waals surface area contributed by atoms with E-state index in [-0.39, 0.29) is 16.0 Å². The Balaban J connectivity index is 3.30. The van der Waals surface area contributed by atoms with Crippen LogP contribution in [0.25, 0.3) is 0 Å². The van der Waals surface area contributed by atoms with Crippen molar-refractivity contribution in [3.63, 3.8) is 0 Å². The van der Waals surface area contributed by atoms with E-state index in [0.29, 0.717) is 12.2 Å². The van der Waals surface area contributed by atoms with Crippen molar-refractivity contribution >= 4 is 27.3 Å². The van der Waals surface area contributed by atoms with Crippen molar-refractivity contribution in [2.75, 3.05) is 12.3 Å². The molecule has 0 radical (unpaired) electrons. The van der Waals surface area contributed by atoms with Gasteiger partial charge in [0.05, 0.1) is 5.02 Å². The van der Waals surface area contributed by atoms with Crippen molar-refractivity contribution in [3.05, 3.63) is 23.2 Å². The van der Waals surface area contributed by atoms with Crippen molar-refractivity contribution in [2.45, 2.75) is 38.1 Å². The molecule has 0 saturated heterocycles. The summed E-state index contributed by atoms with van der Waals surface area (Å²) in [7, 11) is -3.59. The third-order valence-electron chi connectivity index (χ3n) is 2.56. The van der Waals surface area contributed by atoms with Crippen LogP contribution in [0.5, 0.6) is 0 Å². The molecule has 18 heavy (non-hydrogen) atoms. The predicted octanol–water partition coefficient (Wildman–Crippen LogP) is 2.73. The number of rotatable bonds is 5. The Kier molecular flexibility index (Phi) is 5.01. The summed E-state index contributed by atoms with van der Waals surface area (Å²) >= 11 is 5.97. The van der Waals surface area contributed by atoms with Crippen molar-refractivity contribution < 1.29 is 8.42 Å². The maximum Gasteiger partial charge on any atom is 0.244 e. The van der Waals surface area contributed by atoms with Gasteiger partial charge >= 0.3 is 0 Å². The number of benzene rings is 1. The number of hydrogen-bond acceptors (Lipinski definition) is 3. The normalized spacial score (nSPS) is 12.3. The Labute approximate surface area is 114 Å². The van der Waals surface area contributed by atoms with Crippen LogP contribution in [0.2, 0.25) is 5.02 Å². The zero-order valence-electron chi connectivity index (χ0n) is 10.9. The predicted molar refractivity (Wildman–Crippen MR) is 75.2 cm³/mol. The molecule has 0 fully saturated rings. The highest BCUT2D eigenvalue weighted by atomic mass is 35.5. The summed E-state index contributed by atoms with van der Waals surface area (Å²) in [6, 6.07) is 4.38. The fraction of sp³-hybridized carbons (Fsp3) is 0.500. The summed E-state index contributed by atoms with van der Waals surface area (Å²) in [6.07, 6.45) is 0.747. The van der Waals surface area contributed by atoms with E-state index < -0.39 is 10.0 Å². The summed E-state index contributed by atoms with van der Waals surface area (Å²) in [6.45, 7) is 6.08. The largest absolute Gasteiger partial charge is 0.399 e. The molecule has 0 aliphatic carbocycles. The summed E-state index contributed by atoms with van der Waals surface area (Å²) < 4.78 is 26.5. The second-order valence-electron chi connectivity index (χ2n) is 4.40. The third kappa shape index (κ3) is 3.16. The second kappa shape index (κ2) is 5.91. The second-order valence-corrected chi connectivity index (χ2v) is 6.67. The molecule has 1 aromatic rings. The molecule has 0 aliphatic rings. The summed E-state index contributed by atoms with van der Waals surface area (Å²) in [5.41, 5.74) is 6.02. The van der Waals surface area contributed by atoms with Crippen molar-refractivity contribution in [3.8, 4) is 0 Å². The molecule has 2 N–H and O–H groups in total. The molecule has 0 spiro atoms. The fourth-order valence-electron chi connectivity index (χ4n) is 1.72. The number of nitrogens with zero attached hydrogens (tertiary/aromatic N) is 1. The molecule has 0 atom stereocenters. The molecule has 0 saturated carbocycles. The molecule has 0 bridgehead atoms. The lowest BCUT2D eigenvalue weighted by atomic mass is 10.3. The minimum absolute atomic E-state index is 0.0753. The van der Waals surface area contributed by atoms with Crippen LogP contribution in [0.4, 0.5) is 5.69 Å². The Morgan fingerprint density at radius 2 is 2.00 bits per heavy atom. The molecular formula is C12H19ClN2O2S. The van der Waals surface area contributed by atoms with Gasteiger partial charge < -0.3 is 5.73 Å². The van der Waals surface area contributed by atoms with E-state index in [9.17, 15) is 8.42 Å². The first-order valence-corrected chi connectivity index (χ1v) is 7.69. The third-order valence-corrected chi connectivity index (χ3v) is 5.12. The van der Waals surface area contributed by atoms with E-state index >= 15 is 0 Å². The summed E-state index contributed by atoms with van der Waals surface area (Å²) in [5, 5.41) is 0.200. The van der Waals surface area contributed by atoms with Crippen LogP contribution in [0.15, 0.2) is 23.1 Å². The maximum absolute atomic E-state index is 12.5. The van der Waals surface area contributed by atoms with E-state index in [0.717, 1.165) is 6.42 Å². The highest BCUT2D eigenvalue weighted by Gasteiger charge is 2.28. The number of hydrogen-bond donors (Lipinski definition) is 1. The highest BCUT2D eigenvalue weighted by molar-refractivity contribution is 7.89. The van der Waals surface area contributed by atoms with Crippen LogP contribution in [0, 0.1) is 0 Å². The number of nitrogens with two attached hydrogens (primary N) is 1. The zero-order valence-corrected chi connectivity index (χ0v) is 12.4. The topological polar surface area (TPSA) is 63.4 Å². The van der Waals surface area contributed by atoms with Crippen LogP contribution >= 0.6 is 11.6 Å². The quantitative estimate of drug-likeness (QED) is 0.848. The lowest BCUT2D eigenvalue weighted by Crippen LogP contribution is -2.37.